The summed E-state index contributed by atoms with van der Waals surface area (Å²) in [6, 6.07) is 3.81. The number of benzene rings is 1. The first-order chi connectivity index (χ1) is 6.99. The highest BCUT2D eigenvalue weighted by Gasteiger charge is 2.34. The highest BCUT2D eigenvalue weighted by molar-refractivity contribution is 5.40. The van der Waals surface area contributed by atoms with E-state index in [0.717, 1.165) is 6.07 Å². The Hall–Kier alpha value is -1.63. The van der Waals surface area contributed by atoms with Crippen LogP contribution in [0.2, 0.25) is 0 Å². The standard InChI is InChI=1S/C11H9F3O/c1-3-4-8-5-6-10(15-2)9(7-8)11(12,13)14/h1,5-7H,4H2,2H3. The molecule has 4 heteroatoms. The van der Waals surface area contributed by atoms with Gasteiger partial charge < -0.3 is 4.74 Å². The predicted octanol–water partition coefficient (Wildman–Crippen LogP) is 2.89. The van der Waals surface area contributed by atoms with Crippen molar-refractivity contribution >= 4 is 0 Å². The van der Waals surface area contributed by atoms with Crippen LogP contribution in [0.3, 0.4) is 0 Å². The van der Waals surface area contributed by atoms with Gasteiger partial charge in [0.05, 0.1) is 12.7 Å². The maximum atomic E-state index is 12.5. The second-order valence-corrected chi connectivity index (χ2v) is 2.91. The van der Waals surface area contributed by atoms with E-state index in [1.54, 1.807) is 0 Å². The molecule has 0 amide bonds. The van der Waals surface area contributed by atoms with Crippen LogP contribution in [0.5, 0.6) is 5.75 Å². The Morgan fingerprint density at radius 2 is 2.07 bits per heavy atom. The van der Waals surface area contributed by atoms with Gasteiger partial charge in [-0.05, 0) is 17.7 Å². The van der Waals surface area contributed by atoms with Crippen LogP contribution in [0.4, 0.5) is 13.2 Å². The summed E-state index contributed by atoms with van der Waals surface area (Å²) in [5, 5.41) is 0. The first-order valence-electron chi connectivity index (χ1n) is 4.16. The minimum Gasteiger partial charge on any atom is -0.496 e. The highest BCUT2D eigenvalue weighted by atomic mass is 19.4. The Morgan fingerprint density at radius 3 is 2.53 bits per heavy atom. The monoisotopic (exact) mass is 214 g/mol. The van der Waals surface area contributed by atoms with Gasteiger partial charge in [0.15, 0.2) is 0 Å². The van der Waals surface area contributed by atoms with E-state index in [9.17, 15) is 13.2 Å². The van der Waals surface area contributed by atoms with E-state index in [0.29, 0.717) is 5.56 Å². The fourth-order valence-corrected chi connectivity index (χ4v) is 1.20. The van der Waals surface area contributed by atoms with Gasteiger partial charge in [-0.15, -0.1) is 12.3 Å². The van der Waals surface area contributed by atoms with Gasteiger partial charge in [-0.2, -0.15) is 13.2 Å². The Labute approximate surface area is 85.9 Å². The molecule has 0 N–H and O–H groups in total. The van der Waals surface area contributed by atoms with Crippen molar-refractivity contribution < 1.29 is 17.9 Å². The Balaban J connectivity index is 3.21. The summed E-state index contributed by atoms with van der Waals surface area (Å²) in [6.07, 6.45) is 0.781. The minimum absolute atomic E-state index is 0.174. The molecule has 0 radical (unpaired) electrons. The van der Waals surface area contributed by atoms with Crippen LogP contribution in [0.15, 0.2) is 18.2 Å². The lowest BCUT2D eigenvalue weighted by Gasteiger charge is -2.12. The zero-order valence-corrected chi connectivity index (χ0v) is 8.06. The van der Waals surface area contributed by atoms with Crippen molar-refractivity contribution in [1.29, 1.82) is 0 Å². The quantitative estimate of drug-likeness (QED) is 0.688. The largest absolute Gasteiger partial charge is 0.496 e. The lowest BCUT2D eigenvalue weighted by molar-refractivity contribution is -0.138. The molecular formula is C11H9F3O. The molecule has 1 aromatic carbocycles. The molecule has 0 fully saturated rings. The summed E-state index contributed by atoms with van der Waals surface area (Å²) in [7, 11) is 1.20. The third-order valence-electron chi connectivity index (χ3n) is 1.88. The molecule has 15 heavy (non-hydrogen) atoms. The first kappa shape index (κ1) is 11.4. The molecule has 0 bridgehead atoms. The number of ether oxygens (including phenoxy) is 1. The van der Waals surface area contributed by atoms with E-state index in [2.05, 4.69) is 10.7 Å². The highest BCUT2D eigenvalue weighted by Crippen LogP contribution is 2.36. The van der Waals surface area contributed by atoms with Crippen molar-refractivity contribution in [2.75, 3.05) is 7.11 Å². The summed E-state index contributed by atoms with van der Waals surface area (Å²) >= 11 is 0. The molecule has 0 aromatic heterocycles. The molecule has 0 spiro atoms. The molecular weight excluding hydrogens is 205 g/mol. The second kappa shape index (κ2) is 4.26. The topological polar surface area (TPSA) is 9.23 Å². The van der Waals surface area contributed by atoms with E-state index < -0.39 is 11.7 Å². The van der Waals surface area contributed by atoms with Gasteiger partial charge >= 0.3 is 6.18 Å². The van der Waals surface area contributed by atoms with Crippen molar-refractivity contribution in [3.8, 4) is 18.1 Å². The summed E-state index contributed by atoms with van der Waals surface area (Å²) in [6.45, 7) is 0. The van der Waals surface area contributed by atoms with Crippen LogP contribution in [0.25, 0.3) is 0 Å². The molecule has 0 aliphatic heterocycles. The van der Waals surface area contributed by atoms with Gasteiger partial charge in [0.2, 0.25) is 0 Å². The number of hydrogen-bond donors (Lipinski definition) is 0. The van der Waals surface area contributed by atoms with Crippen molar-refractivity contribution in [2.24, 2.45) is 0 Å². The summed E-state index contributed by atoms with van der Waals surface area (Å²) in [5.41, 5.74) is -0.344. The predicted molar refractivity (Wildman–Crippen MR) is 50.5 cm³/mol. The maximum absolute atomic E-state index is 12.5. The molecule has 1 aromatic rings. The molecule has 80 valence electrons. The van der Waals surface area contributed by atoms with Crippen LogP contribution in [0, 0.1) is 12.3 Å². The normalized spacial score (nSPS) is 10.9. The molecule has 0 saturated heterocycles. The number of rotatable bonds is 2. The van der Waals surface area contributed by atoms with Crippen LogP contribution in [-0.4, -0.2) is 7.11 Å². The smallest absolute Gasteiger partial charge is 0.419 e. The zero-order chi connectivity index (χ0) is 11.5. The SMILES string of the molecule is C#CCc1ccc(OC)c(C(F)(F)F)c1. The second-order valence-electron chi connectivity index (χ2n) is 2.91. The molecule has 0 heterocycles. The number of alkyl halides is 3. The van der Waals surface area contributed by atoms with Crippen molar-refractivity contribution in [1.82, 2.24) is 0 Å². The number of methoxy groups -OCH3 is 1. The first-order valence-corrected chi connectivity index (χ1v) is 4.16. The zero-order valence-electron chi connectivity index (χ0n) is 8.06. The summed E-state index contributed by atoms with van der Waals surface area (Å²) in [5.74, 6) is 2.10. The number of hydrogen-bond acceptors (Lipinski definition) is 1. The van der Waals surface area contributed by atoms with Crippen molar-refractivity contribution in [3.63, 3.8) is 0 Å². The molecule has 0 atom stereocenters. The Morgan fingerprint density at radius 1 is 1.40 bits per heavy atom. The van der Waals surface area contributed by atoms with Gasteiger partial charge in [-0.1, -0.05) is 6.07 Å². The number of terminal acetylenes is 1. The molecule has 1 rings (SSSR count). The molecule has 0 saturated carbocycles. The molecule has 0 unspecified atom stereocenters. The average molecular weight is 214 g/mol. The van der Waals surface area contributed by atoms with Crippen LogP contribution in [0.1, 0.15) is 11.1 Å². The fraction of sp³-hybridized carbons (Fsp3) is 0.273. The lowest BCUT2D eigenvalue weighted by atomic mass is 10.1. The summed E-state index contributed by atoms with van der Waals surface area (Å²) < 4.78 is 42.2. The van der Waals surface area contributed by atoms with Gasteiger partial charge in [0.25, 0.3) is 0 Å². The molecule has 1 nitrogen and oxygen atoms in total. The van der Waals surface area contributed by atoms with Gasteiger partial charge in [-0.3, -0.25) is 0 Å². The van der Waals surface area contributed by atoms with Gasteiger partial charge in [0, 0.05) is 6.42 Å². The lowest BCUT2D eigenvalue weighted by Crippen LogP contribution is -2.08. The minimum atomic E-state index is -4.42. The van der Waals surface area contributed by atoms with E-state index in [4.69, 9.17) is 6.42 Å². The average Bonchev–Trinajstić information content (AvgIpc) is 2.17. The Bertz CT molecular complexity index is 388. The fourth-order valence-electron chi connectivity index (χ4n) is 1.20. The maximum Gasteiger partial charge on any atom is 0.419 e. The van der Waals surface area contributed by atoms with Crippen molar-refractivity contribution in [2.45, 2.75) is 12.6 Å². The summed E-state index contributed by atoms with van der Waals surface area (Å²) in [4.78, 5) is 0. The van der Waals surface area contributed by atoms with E-state index in [-0.39, 0.29) is 12.2 Å². The van der Waals surface area contributed by atoms with Crippen LogP contribution >= 0.6 is 0 Å². The van der Waals surface area contributed by atoms with E-state index in [1.807, 2.05) is 0 Å². The van der Waals surface area contributed by atoms with E-state index in [1.165, 1.54) is 19.2 Å². The van der Waals surface area contributed by atoms with Gasteiger partial charge in [-0.25, -0.2) is 0 Å². The third kappa shape index (κ3) is 2.66. The van der Waals surface area contributed by atoms with Crippen LogP contribution < -0.4 is 4.74 Å². The number of halogens is 3. The Kier molecular flexibility index (Phi) is 3.25. The van der Waals surface area contributed by atoms with Crippen molar-refractivity contribution in [3.05, 3.63) is 29.3 Å². The third-order valence-corrected chi connectivity index (χ3v) is 1.88. The van der Waals surface area contributed by atoms with Gasteiger partial charge in [0.1, 0.15) is 5.75 Å². The van der Waals surface area contributed by atoms with Crippen LogP contribution in [-0.2, 0) is 12.6 Å². The van der Waals surface area contributed by atoms with E-state index >= 15 is 0 Å². The molecule has 0 aliphatic rings. The molecule has 0 aliphatic carbocycles.